The van der Waals surface area contributed by atoms with Gasteiger partial charge in [-0.2, -0.15) is 0 Å². The first-order valence-corrected chi connectivity index (χ1v) is 14.2. The first kappa shape index (κ1) is 26.7. The molecular formula is C38H36N2O. The summed E-state index contributed by atoms with van der Waals surface area (Å²) in [6.45, 7) is 13.4. The second-order valence-electron chi connectivity index (χ2n) is 12.9. The zero-order valence-electron chi connectivity index (χ0n) is 24.7. The first-order valence-electron chi connectivity index (χ1n) is 14.2. The van der Waals surface area contributed by atoms with Crippen LogP contribution in [-0.4, -0.2) is 9.97 Å². The molecule has 2 heterocycles. The number of hydrogen-bond donors (Lipinski definition) is 0. The van der Waals surface area contributed by atoms with E-state index in [0.717, 1.165) is 50.2 Å². The molecule has 0 amide bonds. The van der Waals surface area contributed by atoms with Crippen molar-refractivity contribution in [3.63, 3.8) is 0 Å². The second kappa shape index (κ2) is 10.2. The maximum Gasteiger partial charge on any atom is 0.135 e. The van der Waals surface area contributed by atoms with E-state index in [1.54, 1.807) is 0 Å². The summed E-state index contributed by atoms with van der Waals surface area (Å²) in [5, 5.41) is 4.48. The second-order valence-corrected chi connectivity index (χ2v) is 12.9. The number of aromatic nitrogens is 2. The van der Waals surface area contributed by atoms with Crippen molar-refractivity contribution < 1.29 is 4.74 Å². The van der Waals surface area contributed by atoms with Crippen molar-refractivity contribution in [3.8, 4) is 34.0 Å². The molecule has 0 aliphatic rings. The fourth-order valence-corrected chi connectivity index (χ4v) is 5.17. The molecule has 0 bridgehead atoms. The third-order valence-electron chi connectivity index (χ3n) is 7.67. The van der Waals surface area contributed by atoms with E-state index >= 15 is 0 Å². The van der Waals surface area contributed by atoms with Crippen LogP contribution in [0.4, 0.5) is 0 Å². The van der Waals surface area contributed by atoms with Gasteiger partial charge in [0.2, 0.25) is 0 Å². The maximum atomic E-state index is 6.78. The van der Waals surface area contributed by atoms with Crippen LogP contribution in [-0.2, 0) is 10.8 Å². The summed E-state index contributed by atoms with van der Waals surface area (Å²) >= 11 is 0. The summed E-state index contributed by atoms with van der Waals surface area (Å²) in [6, 6.07) is 34.0. The maximum absolute atomic E-state index is 6.78. The van der Waals surface area contributed by atoms with Crippen LogP contribution in [0.25, 0.3) is 44.1 Å². The Labute approximate surface area is 242 Å². The molecular weight excluding hydrogens is 500 g/mol. The Hall–Kier alpha value is -4.50. The van der Waals surface area contributed by atoms with Crippen molar-refractivity contribution >= 4 is 21.5 Å². The average molecular weight is 537 g/mol. The van der Waals surface area contributed by atoms with E-state index in [1.807, 2.05) is 18.5 Å². The Morgan fingerprint density at radius 3 is 1.95 bits per heavy atom. The van der Waals surface area contributed by atoms with Gasteiger partial charge in [-0.3, -0.25) is 9.97 Å². The van der Waals surface area contributed by atoms with Gasteiger partial charge in [0.15, 0.2) is 0 Å². The normalized spacial score (nSPS) is 12.1. The minimum atomic E-state index is -0.0633. The van der Waals surface area contributed by atoms with Crippen LogP contribution in [0.1, 0.15) is 52.7 Å². The summed E-state index contributed by atoms with van der Waals surface area (Å²) in [5.41, 5.74) is 6.37. The summed E-state index contributed by atoms with van der Waals surface area (Å²) in [6.07, 6.45) is 3.85. The Kier molecular flexibility index (Phi) is 6.62. The van der Waals surface area contributed by atoms with Crippen LogP contribution in [0, 0.1) is 0 Å². The van der Waals surface area contributed by atoms with Gasteiger partial charge in [-0.05, 0) is 81.3 Å². The van der Waals surface area contributed by atoms with Gasteiger partial charge in [0.05, 0.1) is 11.4 Å². The molecule has 0 unspecified atom stereocenters. The molecule has 0 atom stereocenters. The quantitative estimate of drug-likeness (QED) is 0.225. The number of benzene rings is 4. The Bertz CT molecular complexity index is 1890. The van der Waals surface area contributed by atoms with Gasteiger partial charge >= 0.3 is 0 Å². The fourth-order valence-electron chi connectivity index (χ4n) is 5.17. The topological polar surface area (TPSA) is 35.0 Å². The number of nitrogens with zero attached hydrogens (tertiary/aromatic N) is 2. The smallest absolute Gasteiger partial charge is 0.135 e. The highest BCUT2D eigenvalue weighted by Gasteiger charge is 2.19. The molecule has 0 radical (unpaired) electrons. The molecule has 4 aromatic carbocycles. The number of pyridine rings is 2. The van der Waals surface area contributed by atoms with E-state index in [1.165, 1.54) is 16.5 Å². The molecule has 3 nitrogen and oxygen atoms in total. The highest BCUT2D eigenvalue weighted by atomic mass is 16.5. The third-order valence-corrected chi connectivity index (χ3v) is 7.67. The van der Waals surface area contributed by atoms with E-state index < -0.39 is 0 Å². The minimum absolute atomic E-state index is 0.0362. The molecule has 204 valence electrons. The summed E-state index contributed by atoms with van der Waals surface area (Å²) in [7, 11) is 0. The van der Waals surface area contributed by atoms with Crippen LogP contribution in [0.3, 0.4) is 0 Å². The van der Waals surface area contributed by atoms with Crippen LogP contribution in [0.5, 0.6) is 11.5 Å². The molecule has 41 heavy (non-hydrogen) atoms. The van der Waals surface area contributed by atoms with E-state index in [2.05, 4.69) is 133 Å². The van der Waals surface area contributed by atoms with Crippen LogP contribution >= 0.6 is 0 Å². The molecule has 0 N–H and O–H groups in total. The van der Waals surface area contributed by atoms with E-state index in [4.69, 9.17) is 14.7 Å². The monoisotopic (exact) mass is 536 g/mol. The largest absolute Gasteiger partial charge is 0.457 e. The van der Waals surface area contributed by atoms with Gasteiger partial charge in [-0.15, -0.1) is 0 Å². The SMILES string of the molecule is CC(C)(C)c1cc(Oc2cc(-c3cc(C(C)(C)C)ccn3)cc3ccccc23)cc(-c2cc3ccccc3cn2)c1. The van der Waals surface area contributed by atoms with Crippen molar-refractivity contribution in [1.29, 1.82) is 0 Å². The fraction of sp³-hybridized carbons (Fsp3) is 0.211. The Morgan fingerprint density at radius 2 is 1.20 bits per heavy atom. The van der Waals surface area contributed by atoms with Gasteiger partial charge in [0.25, 0.3) is 0 Å². The highest BCUT2D eigenvalue weighted by molar-refractivity contribution is 5.93. The lowest BCUT2D eigenvalue weighted by Crippen LogP contribution is -2.11. The van der Waals surface area contributed by atoms with Crippen molar-refractivity contribution in [2.24, 2.45) is 0 Å². The van der Waals surface area contributed by atoms with E-state index in [-0.39, 0.29) is 10.8 Å². The van der Waals surface area contributed by atoms with Crippen LogP contribution in [0.15, 0.2) is 109 Å². The molecule has 0 spiro atoms. The lowest BCUT2D eigenvalue weighted by atomic mass is 9.85. The number of rotatable bonds is 4. The molecule has 0 aliphatic heterocycles. The van der Waals surface area contributed by atoms with Crippen molar-refractivity contribution in [3.05, 3.63) is 121 Å². The summed E-state index contributed by atoms with van der Waals surface area (Å²) in [4.78, 5) is 9.56. The summed E-state index contributed by atoms with van der Waals surface area (Å²) < 4.78 is 6.78. The molecule has 0 saturated carbocycles. The van der Waals surface area contributed by atoms with Gasteiger partial charge < -0.3 is 4.74 Å². The summed E-state index contributed by atoms with van der Waals surface area (Å²) in [5.74, 6) is 1.60. The molecule has 0 aliphatic carbocycles. The lowest BCUT2D eigenvalue weighted by Gasteiger charge is -2.22. The average Bonchev–Trinajstić information content (AvgIpc) is 2.96. The van der Waals surface area contributed by atoms with Crippen LogP contribution < -0.4 is 4.74 Å². The van der Waals surface area contributed by atoms with Gasteiger partial charge in [-0.1, -0.05) is 90.1 Å². The standard InChI is InChI=1S/C38H36N2O/c1-37(2,3)30-15-16-39-35(23-30)28-17-26-12-9-10-14-33(26)36(21-28)41-32-19-29(18-31(22-32)38(4,5)6)34-20-25-11-7-8-13-27(25)24-40-34/h7-24H,1-6H3. The minimum Gasteiger partial charge on any atom is -0.457 e. The van der Waals surface area contributed by atoms with Crippen molar-refractivity contribution in [1.82, 2.24) is 9.97 Å². The van der Waals surface area contributed by atoms with Gasteiger partial charge in [0.1, 0.15) is 11.5 Å². The number of ether oxygens (including phenoxy) is 1. The molecule has 6 aromatic rings. The van der Waals surface area contributed by atoms with Gasteiger partial charge in [-0.25, -0.2) is 0 Å². The molecule has 0 fully saturated rings. The number of fused-ring (bicyclic) bond motifs is 2. The van der Waals surface area contributed by atoms with Crippen molar-refractivity contribution in [2.45, 2.75) is 52.4 Å². The molecule has 0 saturated heterocycles. The van der Waals surface area contributed by atoms with E-state index in [0.29, 0.717) is 0 Å². The predicted molar refractivity (Wildman–Crippen MR) is 172 cm³/mol. The zero-order valence-corrected chi connectivity index (χ0v) is 24.7. The molecule has 6 rings (SSSR count). The third kappa shape index (κ3) is 5.58. The van der Waals surface area contributed by atoms with Crippen molar-refractivity contribution in [2.75, 3.05) is 0 Å². The first-order chi connectivity index (χ1) is 19.5. The van der Waals surface area contributed by atoms with Crippen LogP contribution in [0.2, 0.25) is 0 Å². The predicted octanol–water partition coefficient (Wildman–Crippen LogP) is 10.5. The Balaban J connectivity index is 1.48. The molecule has 2 aromatic heterocycles. The Morgan fingerprint density at radius 1 is 0.537 bits per heavy atom. The zero-order chi connectivity index (χ0) is 28.8. The lowest BCUT2D eigenvalue weighted by molar-refractivity contribution is 0.484. The number of hydrogen-bond acceptors (Lipinski definition) is 3. The van der Waals surface area contributed by atoms with Gasteiger partial charge in [0, 0.05) is 34.3 Å². The van der Waals surface area contributed by atoms with E-state index in [9.17, 15) is 0 Å². The molecule has 3 heteroatoms. The highest BCUT2D eigenvalue weighted by Crippen LogP contribution is 2.39.